The summed E-state index contributed by atoms with van der Waals surface area (Å²) in [6, 6.07) is 0. The quantitative estimate of drug-likeness (QED) is 0.487. The van der Waals surface area contributed by atoms with Crippen LogP contribution in [0.1, 0.15) is 78.1 Å². The monoisotopic (exact) mass is 258 g/mol. The fourth-order valence-electron chi connectivity index (χ4n) is 6.53. The molecule has 0 bridgehead atoms. The van der Waals surface area contributed by atoms with E-state index >= 15 is 0 Å². The van der Waals surface area contributed by atoms with Gasteiger partial charge in [0.2, 0.25) is 0 Å². The molecule has 19 heavy (non-hydrogen) atoms. The second-order valence-electron chi connectivity index (χ2n) is 8.58. The van der Waals surface area contributed by atoms with Crippen LogP contribution in [-0.2, 0) is 0 Å². The molecule has 0 amide bonds. The lowest BCUT2D eigenvalue weighted by Gasteiger charge is -2.56. The first-order valence-electron chi connectivity index (χ1n) is 8.83. The zero-order valence-corrected chi connectivity index (χ0v) is 12.9. The topological polar surface area (TPSA) is 0 Å². The predicted octanol–water partition coefficient (Wildman–Crippen LogP) is 5.73. The summed E-state index contributed by atoms with van der Waals surface area (Å²) in [5.41, 5.74) is 3.29. The second kappa shape index (κ2) is 4.12. The van der Waals surface area contributed by atoms with Gasteiger partial charge in [-0.05, 0) is 73.5 Å². The van der Waals surface area contributed by atoms with Gasteiger partial charge in [0.05, 0.1) is 0 Å². The molecule has 0 saturated heterocycles. The van der Waals surface area contributed by atoms with Crippen LogP contribution >= 0.6 is 0 Å². The maximum Gasteiger partial charge on any atom is -0.0143 e. The number of fused-ring (bicyclic) bond motifs is 5. The van der Waals surface area contributed by atoms with Gasteiger partial charge in [-0.25, -0.2) is 0 Å². The van der Waals surface area contributed by atoms with Crippen LogP contribution in [0, 0.1) is 28.6 Å². The Morgan fingerprint density at radius 2 is 1.79 bits per heavy atom. The molecule has 0 N–H and O–H groups in total. The average molecular weight is 258 g/mol. The number of rotatable bonds is 0. The van der Waals surface area contributed by atoms with Gasteiger partial charge >= 0.3 is 0 Å². The van der Waals surface area contributed by atoms with Gasteiger partial charge in [-0.3, -0.25) is 0 Å². The lowest BCUT2D eigenvalue weighted by Crippen LogP contribution is -2.46. The Labute approximate surface area is 119 Å². The maximum atomic E-state index is 2.73. The Hall–Kier alpha value is -0.260. The molecular weight excluding hydrogens is 228 g/mol. The van der Waals surface area contributed by atoms with E-state index in [2.05, 4.69) is 19.9 Å². The Bertz CT molecular complexity index is 406. The fraction of sp³-hybridized carbons (Fsp3) is 0.895. The van der Waals surface area contributed by atoms with Crippen molar-refractivity contribution in [2.45, 2.75) is 78.1 Å². The highest BCUT2D eigenvalue weighted by atomic mass is 14.6. The molecule has 106 valence electrons. The highest BCUT2D eigenvalue weighted by molar-refractivity contribution is 5.26. The van der Waals surface area contributed by atoms with Crippen LogP contribution in [-0.4, -0.2) is 0 Å². The highest BCUT2D eigenvalue weighted by Gasteiger charge is 2.53. The number of hydrogen-bond donors (Lipinski definition) is 0. The molecule has 0 radical (unpaired) electrons. The smallest absolute Gasteiger partial charge is 0.0143 e. The molecule has 4 aliphatic carbocycles. The minimum atomic E-state index is 0.673. The summed E-state index contributed by atoms with van der Waals surface area (Å²) in [4.78, 5) is 0. The molecule has 0 unspecified atom stereocenters. The lowest BCUT2D eigenvalue weighted by atomic mass is 9.49. The van der Waals surface area contributed by atoms with Gasteiger partial charge in [0.1, 0.15) is 0 Å². The van der Waals surface area contributed by atoms with Crippen molar-refractivity contribution in [1.29, 1.82) is 0 Å². The van der Waals surface area contributed by atoms with Crippen LogP contribution < -0.4 is 0 Å². The number of allylic oxidation sites excluding steroid dienone is 2. The lowest BCUT2D eigenvalue weighted by molar-refractivity contribution is 0.00875. The zero-order valence-electron chi connectivity index (χ0n) is 12.9. The van der Waals surface area contributed by atoms with E-state index in [1.54, 1.807) is 0 Å². The van der Waals surface area contributed by atoms with Gasteiger partial charge in [-0.15, -0.1) is 0 Å². The minimum Gasteiger partial charge on any atom is -0.0844 e. The van der Waals surface area contributed by atoms with Crippen LogP contribution in [0.15, 0.2) is 11.6 Å². The van der Waals surface area contributed by atoms with Crippen molar-refractivity contribution in [2.24, 2.45) is 28.6 Å². The molecule has 4 aliphatic rings. The van der Waals surface area contributed by atoms with Gasteiger partial charge in [-0.2, -0.15) is 0 Å². The van der Waals surface area contributed by atoms with E-state index in [0.29, 0.717) is 10.8 Å². The van der Waals surface area contributed by atoms with Crippen molar-refractivity contribution >= 4 is 0 Å². The Morgan fingerprint density at radius 3 is 2.68 bits per heavy atom. The van der Waals surface area contributed by atoms with Gasteiger partial charge in [0, 0.05) is 0 Å². The van der Waals surface area contributed by atoms with E-state index in [1.165, 1.54) is 64.2 Å². The van der Waals surface area contributed by atoms with E-state index in [4.69, 9.17) is 0 Å². The normalized spacial score (nSPS) is 52.9. The van der Waals surface area contributed by atoms with Crippen LogP contribution in [0.4, 0.5) is 0 Å². The summed E-state index contributed by atoms with van der Waals surface area (Å²) in [5.74, 6) is 2.94. The van der Waals surface area contributed by atoms with Gasteiger partial charge in [-0.1, -0.05) is 44.8 Å². The van der Waals surface area contributed by atoms with Crippen molar-refractivity contribution in [2.75, 3.05) is 0 Å². The Balaban J connectivity index is 1.71. The van der Waals surface area contributed by atoms with Crippen molar-refractivity contribution < 1.29 is 0 Å². The molecule has 0 aliphatic heterocycles. The van der Waals surface area contributed by atoms with E-state index < -0.39 is 0 Å². The molecule has 0 aromatic rings. The molecule has 0 aromatic carbocycles. The highest BCUT2D eigenvalue weighted by Crippen LogP contribution is 2.64. The first kappa shape index (κ1) is 12.5. The zero-order chi connectivity index (χ0) is 13.1. The summed E-state index contributed by atoms with van der Waals surface area (Å²) < 4.78 is 0. The van der Waals surface area contributed by atoms with Crippen molar-refractivity contribution in [1.82, 2.24) is 0 Å². The molecule has 0 aromatic heterocycles. The molecule has 5 atom stereocenters. The molecular formula is C19H30. The fourth-order valence-corrected chi connectivity index (χ4v) is 6.53. The Morgan fingerprint density at radius 1 is 0.895 bits per heavy atom. The molecule has 3 saturated carbocycles. The standard InChI is InChI=1S/C19H30/c1-18-11-5-7-16(18)15-9-8-14-6-3-4-12-19(14,2)17(15)10-13-18/h9,14,16-17H,3-8,10-13H2,1-2H3/t14-,16+,17+,18+,19+/m1/s1. The third-order valence-electron chi connectivity index (χ3n) is 7.78. The predicted molar refractivity (Wildman–Crippen MR) is 80.9 cm³/mol. The van der Waals surface area contributed by atoms with E-state index in [0.717, 1.165) is 17.8 Å². The summed E-state index contributed by atoms with van der Waals surface area (Å²) >= 11 is 0. The van der Waals surface area contributed by atoms with Gasteiger partial charge in [0.25, 0.3) is 0 Å². The number of hydrogen-bond acceptors (Lipinski definition) is 0. The minimum absolute atomic E-state index is 0.673. The Kier molecular flexibility index (Phi) is 2.71. The third kappa shape index (κ3) is 1.64. The summed E-state index contributed by atoms with van der Waals surface area (Å²) in [6.07, 6.45) is 17.7. The SMILES string of the molecule is C[C@@]12CCC[C@H]1C1=CC[C@H]3CCCC[C@]3(C)[C@H]1CC2. The van der Waals surface area contributed by atoms with Crippen LogP contribution in [0.3, 0.4) is 0 Å². The van der Waals surface area contributed by atoms with Gasteiger partial charge < -0.3 is 0 Å². The van der Waals surface area contributed by atoms with Gasteiger partial charge in [0.15, 0.2) is 0 Å². The van der Waals surface area contributed by atoms with Crippen molar-refractivity contribution in [3.63, 3.8) is 0 Å². The van der Waals surface area contributed by atoms with E-state index in [-0.39, 0.29) is 0 Å². The molecule has 0 nitrogen and oxygen atoms in total. The summed E-state index contributed by atoms with van der Waals surface area (Å²) in [5, 5.41) is 0. The van der Waals surface area contributed by atoms with Crippen LogP contribution in [0.25, 0.3) is 0 Å². The first-order chi connectivity index (χ1) is 9.13. The van der Waals surface area contributed by atoms with Crippen molar-refractivity contribution in [3.8, 4) is 0 Å². The van der Waals surface area contributed by atoms with Crippen LogP contribution in [0.5, 0.6) is 0 Å². The third-order valence-corrected chi connectivity index (χ3v) is 7.78. The second-order valence-corrected chi connectivity index (χ2v) is 8.58. The molecule has 0 spiro atoms. The maximum absolute atomic E-state index is 2.73. The molecule has 4 rings (SSSR count). The van der Waals surface area contributed by atoms with Crippen LogP contribution in [0.2, 0.25) is 0 Å². The van der Waals surface area contributed by atoms with E-state index in [9.17, 15) is 0 Å². The van der Waals surface area contributed by atoms with E-state index in [1.807, 2.05) is 5.57 Å². The molecule has 0 heterocycles. The average Bonchev–Trinajstić information content (AvgIpc) is 2.79. The largest absolute Gasteiger partial charge is 0.0844 e. The van der Waals surface area contributed by atoms with Crippen molar-refractivity contribution in [3.05, 3.63) is 11.6 Å². The molecule has 0 heteroatoms. The summed E-state index contributed by atoms with van der Waals surface area (Å²) in [6.45, 7) is 5.25. The molecule has 3 fully saturated rings. The first-order valence-corrected chi connectivity index (χ1v) is 8.83. The summed E-state index contributed by atoms with van der Waals surface area (Å²) in [7, 11) is 0.